The van der Waals surface area contributed by atoms with Crippen LogP contribution in [-0.2, 0) is 0 Å². The van der Waals surface area contributed by atoms with E-state index in [9.17, 15) is 0 Å². The molecule has 0 saturated heterocycles. The summed E-state index contributed by atoms with van der Waals surface area (Å²) in [6.07, 6.45) is 0. The number of rotatable bonds is 6. The number of hydrogen-bond acceptors (Lipinski definition) is 4. The van der Waals surface area contributed by atoms with E-state index in [1.807, 2.05) is 23.5 Å². The Bertz CT molecular complexity index is 2460. The lowest BCUT2D eigenvalue weighted by molar-refractivity contribution is 1.07. The highest BCUT2D eigenvalue weighted by molar-refractivity contribution is 7.25. The van der Waals surface area contributed by atoms with Crippen molar-refractivity contribution in [1.29, 1.82) is 0 Å². The van der Waals surface area contributed by atoms with Crippen molar-refractivity contribution in [3.05, 3.63) is 176 Å². The molecule has 0 saturated carbocycles. The van der Waals surface area contributed by atoms with Gasteiger partial charge in [0.2, 0.25) is 0 Å². The molecular weight excluding hydrogens is 615 g/mol. The fourth-order valence-corrected chi connectivity index (χ4v) is 7.59. The van der Waals surface area contributed by atoms with Crippen LogP contribution in [0.5, 0.6) is 0 Å². The third-order valence-electron chi connectivity index (χ3n) is 8.99. The number of nitrogens with zero attached hydrogens (tertiary/aromatic N) is 3. The second kappa shape index (κ2) is 12.4. The van der Waals surface area contributed by atoms with E-state index in [4.69, 9.17) is 15.0 Å². The smallest absolute Gasteiger partial charge is 0.164 e. The van der Waals surface area contributed by atoms with Crippen LogP contribution in [0.25, 0.3) is 87.7 Å². The number of hydrogen-bond donors (Lipinski definition) is 0. The van der Waals surface area contributed by atoms with E-state index >= 15 is 0 Å². The average Bonchev–Trinajstić information content (AvgIpc) is 3.58. The summed E-state index contributed by atoms with van der Waals surface area (Å²) in [5, 5.41) is 2.60. The van der Waals surface area contributed by atoms with E-state index in [1.165, 1.54) is 42.4 Å². The van der Waals surface area contributed by atoms with Gasteiger partial charge in [0.05, 0.1) is 0 Å². The zero-order valence-corrected chi connectivity index (χ0v) is 27.3. The van der Waals surface area contributed by atoms with Gasteiger partial charge in [-0.25, -0.2) is 15.0 Å². The van der Waals surface area contributed by atoms with E-state index < -0.39 is 0 Å². The Morgan fingerprint density at radius 2 is 0.673 bits per heavy atom. The minimum atomic E-state index is 0.644. The maximum Gasteiger partial charge on any atom is 0.164 e. The van der Waals surface area contributed by atoms with E-state index in [2.05, 4.69) is 164 Å². The molecule has 2 aromatic heterocycles. The lowest BCUT2D eigenvalue weighted by atomic mass is 9.98. The quantitative estimate of drug-likeness (QED) is 0.181. The predicted octanol–water partition coefficient (Wildman–Crippen LogP) is 12.2. The molecule has 9 rings (SSSR count). The molecule has 0 aliphatic rings. The van der Waals surface area contributed by atoms with Crippen LogP contribution in [0.15, 0.2) is 176 Å². The molecule has 9 aromatic rings. The van der Waals surface area contributed by atoms with Crippen LogP contribution < -0.4 is 0 Å². The summed E-state index contributed by atoms with van der Waals surface area (Å²) in [6, 6.07) is 61.6. The molecule has 0 spiro atoms. The molecule has 49 heavy (non-hydrogen) atoms. The summed E-state index contributed by atoms with van der Waals surface area (Å²) in [5.41, 5.74) is 9.88. The van der Waals surface area contributed by atoms with E-state index in [0.29, 0.717) is 17.5 Å². The van der Waals surface area contributed by atoms with E-state index in [1.54, 1.807) is 0 Å². The summed E-state index contributed by atoms with van der Waals surface area (Å²) in [7, 11) is 0. The monoisotopic (exact) mass is 643 g/mol. The fourth-order valence-electron chi connectivity index (χ4n) is 6.46. The fraction of sp³-hybridized carbons (Fsp3) is 0. The molecule has 0 bridgehead atoms. The molecule has 0 N–H and O–H groups in total. The van der Waals surface area contributed by atoms with Gasteiger partial charge >= 0.3 is 0 Å². The van der Waals surface area contributed by atoms with Crippen molar-refractivity contribution in [2.45, 2.75) is 0 Å². The lowest BCUT2D eigenvalue weighted by Crippen LogP contribution is -2.00. The van der Waals surface area contributed by atoms with Gasteiger partial charge in [0.25, 0.3) is 0 Å². The number of thiophene rings is 1. The molecule has 3 nitrogen and oxygen atoms in total. The Hall–Kier alpha value is -6.23. The topological polar surface area (TPSA) is 38.7 Å². The van der Waals surface area contributed by atoms with Crippen LogP contribution in [-0.4, -0.2) is 15.0 Å². The molecular formula is C45H29N3S. The van der Waals surface area contributed by atoms with Gasteiger partial charge in [0.1, 0.15) is 0 Å². The van der Waals surface area contributed by atoms with Gasteiger partial charge in [-0.1, -0.05) is 164 Å². The molecule has 7 aromatic carbocycles. The molecule has 0 atom stereocenters. The Kier molecular flexibility index (Phi) is 7.34. The molecule has 0 aliphatic carbocycles. The highest BCUT2D eigenvalue weighted by Crippen LogP contribution is 2.40. The van der Waals surface area contributed by atoms with E-state index in [0.717, 1.165) is 27.8 Å². The van der Waals surface area contributed by atoms with Gasteiger partial charge < -0.3 is 0 Å². The summed E-state index contributed by atoms with van der Waals surface area (Å²) >= 11 is 1.84. The zero-order chi connectivity index (χ0) is 32.6. The number of fused-ring (bicyclic) bond motifs is 3. The molecule has 0 radical (unpaired) electrons. The van der Waals surface area contributed by atoms with Crippen molar-refractivity contribution < 1.29 is 0 Å². The Morgan fingerprint density at radius 3 is 1.18 bits per heavy atom. The number of benzene rings is 7. The molecule has 2 heterocycles. The standard InChI is InChI=1S/C45H29N3S/c1-3-10-30(11-4-1)32-18-24-35(25-19-32)43-46-44(36-26-20-33(21-27-36)31-12-5-2-6-13-31)48-45(47-43)37-28-22-34(23-29-37)38-15-9-17-41-42(38)39-14-7-8-16-40(39)49-41/h1-29H. The lowest BCUT2D eigenvalue weighted by Gasteiger charge is -2.11. The molecule has 0 fully saturated rings. The van der Waals surface area contributed by atoms with Gasteiger partial charge in [0.15, 0.2) is 17.5 Å². The first kappa shape index (κ1) is 29.0. The summed E-state index contributed by atoms with van der Waals surface area (Å²) < 4.78 is 2.60. The Labute approximate surface area is 288 Å². The molecule has 0 amide bonds. The van der Waals surface area contributed by atoms with Gasteiger partial charge in [-0.05, 0) is 45.5 Å². The van der Waals surface area contributed by atoms with Crippen LogP contribution >= 0.6 is 11.3 Å². The highest BCUT2D eigenvalue weighted by Gasteiger charge is 2.15. The minimum Gasteiger partial charge on any atom is -0.208 e. The van der Waals surface area contributed by atoms with Gasteiger partial charge in [0, 0.05) is 36.9 Å². The molecule has 230 valence electrons. The van der Waals surface area contributed by atoms with Gasteiger partial charge in [-0.2, -0.15) is 0 Å². The zero-order valence-electron chi connectivity index (χ0n) is 26.5. The van der Waals surface area contributed by atoms with Crippen LogP contribution in [0.1, 0.15) is 0 Å². The van der Waals surface area contributed by atoms with Gasteiger partial charge in [-0.15, -0.1) is 11.3 Å². The molecule has 0 unspecified atom stereocenters. The van der Waals surface area contributed by atoms with Crippen LogP contribution in [0.3, 0.4) is 0 Å². The third-order valence-corrected chi connectivity index (χ3v) is 10.1. The van der Waals surface area contributed by atoms with Crippen molar-refractivity contribution in [2.24, 2.45) is 0 Å². The minimum absolute atomic E-state index is 0.644. The van der Waals surface area contributed by atoms with Crippen LogP contribution in [0.4, 0.5) is 0 Å². The normalized spacial score (nSPS) is 11.3. The van der Waals surface area contributed by atoms with Crippen LogP contribution in [0, 0.1) is 0 Å². The summed E-state index contributed by atoms with van der Waals surface area (Å²) in [5.74, 6) is 1.93. The summed E-state index contributed by atoms with van der Waals surface area (Å²) in [4.78, 5) is 15.1. The first-order valence-corrected chi connectivity index (χ1v) is 17.2. The summed E-state index contributed by atoms with van der Waals surface area (Å²) in [6.45, 7) is 0. The second-order valence-electron chi connectivity index (χ2n) is 12.0. The van der Waals surface area contributed by atoms with Gasteiger partial charge in [-0.3, -0.25) is 0 Å². The predicted molar refractivity (Wildman–Crippen MR) is 205 cm³/mol. The number of aromatic nitrogens is 3. The third kappa shape index (κ3) is 5.58. The average molecular weight is 644 g/mol. The maximum absolute atomic E-state index is 5.03. The van der Waals surface area contributed by atoms with Crippen molar-refractivity contribution in [2.75, 3.05) is 0 Å². The van der Waals surface area contributed by atoms with Crippen molar-refractivity contribution >= 4 is 31.5 Å². The molecule has 4 heteroatoms. The molecule has 0 aliphatic heterocycles. The largest absolute Gasteiger partial charge is 0.208 e. The first-order valence-electron chi connectivity index (χ1n) is 16.4. The second-order valence-corrected chi connectivity index (χ2v) is 13.1. The van der Waals surface area contributed by atoms with E-state index in [-0.39, 0.29) is 0 Å². The maximum atomic E-state index is 5.03. The SMILES string of the molecule is c1ccc(-c2ccc(-c3nc(-c4ccc(-c5ccccc5)cc4)nc(-c4ccc(-c5cccc6sc7ccccc7c56)cc4)n3)cc2)cc1. The van der Waals surface area contributed by atoms with Crippen LogP contribution in [0.2, 0.25) is 0 Å². The first-order chi connectivity index (χ1) is 24.3. The Balaban J connectivity index is 1.12. The van der Waals surface area contributed by atoms with Crippen molar-refractivity contribution in [3.63, 3.8) is 0 Å². The van der Waals surface area contributed by atoms with Crippen molar-refractivity contribution in [1.82, 2.24) is 15.0 Å². The highest BCUT2D eigenvalue weighted by atomic mass is 32.1. The van der Waals surface area contributed by atoms with Crippen molar-refractivity contribution in [3.8, 4) is 67.5 Å². The Morgan fingerprint density at radius 1 is 0.286 bits per heavy atom.